The van der Waals surface area contributed by atoms with Crippen molar-refractivity contribution in [1.82, 2.24) is 15.6 Å². The molecule has 0 atom stereocenters. The summed E-state index contributed by atoms with van der Waals surface area (Å²) in [7, 11) is 1.76. The van der Waals surface area contributed by atoms with Crippen molar-refractivity contribution < 1.29 is 9.47 Å². The third kappa shape index (κ3) is 7.62. The van der Waals surface area contributed by atoms with Gasteiger partial charge in [0.25, 0.3) is 0 Å². The molecule has 1 aromatic heterocycles. The van der Waals surface area contributed by atoms with E-state index in [4.69, 9.17) is 9.47 Å². The number of nitrogens with one attached hydrogen (secondary N) is 2. The second kappa shape index (κ2) is 11.6. The molecule has 146 valence electrons. The van der Waals surface area contributed by atoms with Gasteiger partial charge in [-0.25, -0.2) is 0 Å². The average molecular weight is 482 g/mol. The molecular weight excluding hydrogens is 455 g/mol. The molecule has 7 heteroatoms. The summed E-state index contributed by atoms with van der Waals surface area (Å²) in [5.41, 5.74) is 1.13. The van der Waals surface area contributed by atoms with Crippen molar-refractivity contribution in [3.8, 4) is 11.5 Å². The molecule has 1 aliphatic rings. The van der Waals surface area contributed by atoms with Crippen LogP contribution in [-0.2, 0) is 6.54 Å². The lowest BCUT2D eigenvalue weighted by molar-refractivity contribution is 0.296. The molecule has 1 aromatic carbocycles. The minimum atomic E-state index is 0. The van der Waals surface area contributed by atoms with Gasteiger partial charge in [0.05, 0.1) is 19.3 Å². The normalized spacial score (nSPS) is 13.4. The van der Waals surface area contributed by atoms with Gasteiger partial charge in [0.1, 0.15) is 18.1 Å². The molecule has 1 saturated carbocycles. The van der Waals surface area contributed by atoms with E-state index in [2.05, 4.69) is 26.7 Å². The molecule has 1 fully saturated rings. The highest BCUT2D eigenvalue weighted by atomic mass is 127. The first-order valence-electron chi connectivity index (χ1n) is 9.03. The van der Waals surface area contributed by atoms with E-state index in [9.17, 15) is 0 Å². The van der Waals surface area contributed by atoms with Gasteiger partial charge in [-0.15, -0.1) is 24.0 Å². The summed E-state index contributed by atoms with van der Waals surface area (Å²) >= 11 is 0. The number of aromatic nitrogens is 1. The molecule has 0 saturated heterocycles. The molecular formula is C20H27IN4O2. The van der Waals surface area contributed by atoms with Crippen LogP contribution in [0.25, 0.3) is 0 Å². The fraction of sp³-hybridized carbons (Fsp3) is 0.400. The van der Waals surface area contributed by atoms with Crippen LogP contribution in [-0.4, -0.2) is 37.7 Å². The molecule has 1 heterocycles. The summed E-state index contributed by atoms with van der Waals surface area (Å²) < 4.78 is 11.6. The van der Waals surface area contributed by atoms with Gasteiger partial charge in [0.15, 0.2) is 5.96 Å². The van der Waals surface area contributed by atoms with E-state index in [0.717, 1.165) is 35.5 Å². The lowest BCUT2D eigenvalue weighted by Gasteiger charge is -2.15. The molecule has 0 amide bonds. The predicted molar refractivity (Wildman–Crippen MR) is 118 cm³/mol. The maximum Gasteiger partial charge on any atom is 0.191 e. The summed E-state index contributed by atoms with van der Waals surface area (Å²) in [5.74, 6) is 3.18. The summed E-state index contributed by atoms with van der Waals surface area (Å²) in [4.78, 5) is 8.27. The monoisotopic (exact) mass is 482 g/mol. The quantitative estimate of drug-likeness (QED) is 0.249. The number of guanidine groups is 1. The van der Waals surface area contributed by atoms with E-state index >= 15 is 0 Å². The Morgan fingerprint density at radius 3 is 2.74 bits per heavy atom. The van der Waals surface area contributed by atoms with Gasteiger partial charge in [-0.2, -0.15) is 0 Å². The van der Waals surface area contributed by atoms with Crippen LogP contribution in [0, 0.1) is 5.92 Å². The summed E-state index contributed by atoms with van der Waals surface area (Å²) in [5, 5.41) is 6.56. The zero-order valence-electron chi connectivity index (χ0n) is 15.6. The lowest BCUT2D eigenvalue weighted by Crippen LogP contribution is -2.38. The molecule has 2 N–H and O–H groups in total. The van der Waals surface area contributed by atoms with Gasteiger partial charge in [-0.1, -0.05) is 18.2 Å². The molecule has 0 aliphatic heterocycles. The molecule has 0 bridgehead atoms. The van der Waals surface area contributed by atoms with Gasteiger partial charge in [0.2, 0.25) is 0 Å². The average Bonchev–Trinajstić information content (AvgIpc) is 3.52. The molecule has 2 aromatic rings. The highest BCUT2D eigenvalue weighted by molar-refractivity contribution is 14.0. The van der Waals surface area contributed by atoms with E-state index in [1.807, 2.05) is 30.3 Å². The number of ether oxygens (including phenoxy) is 2. The van der Waals surface area contributed by atoms with E-state index in [-0.39, 0.29) is 24.0 Å². The number of halogens is 1. The van der Waals surface area contributed by atoms with Gasteiger partial charge >= 0.3 is 0 Å². The summed E-state index contributed by atoms with van der Waals surface area (Å²) in [6.07, 6.45) is 6.00. The molecule has 0 radical (unpaired) electrons. The Bertz CT molecular complexity index is 708. The third-order valence-corrected chi connectivity index (χ3v) is 4.11. The molecule has 0 unspecified atom stereocenters. The van der Waals surface area contributed by atoms with Crippen molar-refractivity contribution in [2.45, 2.75) is 19.4 Å². The number of rotatable bonds is 9. The molecule has 3 rings (SSSR count). The van der Waals surface area contributed by atoms with Crippen LogP contribution in [0.15, 0.2) is 53.8 Å². The van der Waals surface area contributed by atoms with E-state index in [0.29, 0.717) is 19.7 Å². The summed E-state index contributed by atoms with van der Waals surface area (Å²) in [6, 6.07) is 11.9. The number of nitrogens with zero attached hydrogens (tertiary/aromatic N) is 2. The Labute approximate surface area is 177 Å². The highest BCUT2D eigenvalue weighted by Gasteiger charge is 2.22. The van der Waals surface area contributed by atoms with Crippen molar-refractivity contribution in [3.05, 3.63) is 54.4 Å². The van der Waals surface area contributed by atoms with Crippen LogP contribution < -0.4 is 20.1 Å². The first-order valence-corrected chi connectivity index (χ1v) is 9.03. The predicted octanol–water partition coefficient (Wildman–Crippen LogP) is 3.23. The maximum absolute atomic E-state index is 5.95. The molecule has 27 heavy (non-hydrogen) atoms. The first kappa shape index (κ1) is 21.3. The summed E-state index contributed by atoms with van der Waals surface area (Å²) in [6.45, 7) is 2.65. The van der Waals surface area contributed by atoms with Crippen molar-refractivity contribution in [2.75, 3.05) is 26.8 Å². The number of hydrogen-bond donors (Lipinski definition) is 2. The van der Waals surface area contributed by atoms with Gasteiger partial charge < -0.3 is 20.1 Å². The number of aliphatic imine (C=N–C) groups is 1. The third-order valence-electron chi connectivity index (χ3n) is 4.11. The number of para-hydroxylation sites is 1. The van der Waals surface area contributed by atoms with Crippen LogP contribution in [0.1, 0.15) is 18.4 Å². The van der Waals surface area contributed by atoms with Crippen molar-refractivity contribution in [2.24, 2.45) is 10.9 Å². The largest absolute Gasteiger partial charge is 0.493 e. The minimum Gasteiger partial charge on any atom is -0.493 e. The van der Waals surface area contributed by atoms with Gasteiger partial charge in [-0.05, 0) is 37.0 Å². The van der Waals surface area contributed by atoms with Gasteiger partial charge in [-0.3, -0.25) is 9.98 Å². The SMILES string of the molecule is CN=C(NCCOc1cccnc1)NCc1ccccc1OCC1CC1.I. The Kier molecular flexibility index (Phi) is 9.17. The van der Waals surface area contributed by atoms with Crippen molar-refractivity contribution in [3.63, 3.8) is 0 Å². The van der Waals surface area contributed by atoms with E-state index < -0.39 is 0 Å². The Balaban J connectivity index is 0.00000261. The molecule has 1 aliphatic carbocycles. The van der Waals surface area contributed by atoms with Crippen LogP contribution in [0.2, 0.25) is 0 Å². The van der Waals surface area contributed by atoms with E-state index in [1.165, 1.54) is 12.8 Å². The van der Waals surface area contributed by atoms with Crippen molar-refractivity contribution >= 4 is 29.9 Å². The fourth-order valence-electron chi connectivity index (χ4n) is 2.45. The first-order chi connectivity index (χ1) is 12.8. The lowest BCUT2D eigenvalue weighted by atomic mass is 10.2. The van der Waals surface area contributed by atoms with Crippen LogP contribution >= 0.6 is 24.0 Å². The van der Waals surface area contributed by atoms with E-state index in [1.54, 1.807) is 19.4 Å². The Hall–Kier alpha value is -2.03. The van der Waals surface area contributed by atoms with Gasteiger partial charge in [0, 0.05) is 25.4 Å². The molecule has 6 nitrogen and oxygen atoms in total. The second-order valence-corrected chi connectivity index (χ2v) is 6.25. The Morgan fingerprint density at radius 1 is 1.15 bits per heavy atom. The van der Waals surface area contributed by atoms with Crippen LogP contribution in [0.4, 0.5) is 0 Å². The van der Waals surface area contributed by atoms with Crippen LogP contribution in [0.5, 0.6) is 11.5 Å². The molecule has 0 spiro atoms. The zero-order valence-corrected chi connectivity index (χ0v) is 17.9. The van der Waals surface area contributed by atoms with Crippen LogP contribution in [0.3, 0.4) is 0 Å². The fourth-order valence-corrected chi connectivity index (χ4v) is 2.45. The number of pyridine rings is 1. The second-order valence-electron chi connectivity index (χ2n) is 6.25. The highest BCUT2D eigenvalue weighted by Crippen LogP contribution is 2.30. The number of hydrogen-bond acceptors (Lipinski definition) is 4. The smallest absolute Gasteiger partial charge is 0.191 e. The Morgan fingerprint density at radius 2 is 2.00 bits per heavy atom. The number of benzene rings is 1. The topological polar surface area (TPSA) is 67.8 Å². The maximum atomic E-state index is 5.95. The minimum absolute atomic E-state index is 0. The van der Waals surface area contributed by atoms with Crippen molar-refractivity contribution in [1.29, 1.82) is 0 Å². The standard InChI is InChI=1S/C20H26N4O2.HI/c1-21-20(23-11-12-25-18-6-4-10-22-14-18)24-13-17-5-2-3-7-19(17)26-15-16-8-9-16;/h2-7,10,14,16H,8-9,11-13,15H2,1H3,(H2,21,23,24);1H. The zero-order chi connectivity index (χ0) is 18.0.